The summed E-state index contributed by atoms with van der Waals surface area (Å²) in [5, 5.41) is 2.04. The van der Waals surface area contributed by atoms with Crippen LogP contribution >= 0.6 is 23.4 Å². The first-order chi connectivity index (χ1) is 11.1. The van der Waals surface area contributed by atoms with Crippen LogP contribution < -0.4 is 5.32 Å². The number of thioether (sulfide) groups is 1. The molecule has 4 nitrogen and oxygen atoms in total. The third kappa shape index (κ3) is 2.97. The van der Waals surface area contributed by atoms with E-state index in [1.807, 2.05) is 6.92 Å². The van der Waals surface area contributed by atoms with Crippen molar-refractivity contribution in [2.45, 2.75) is 36.9 Å². The average molecular weight is 379 g/mol. The Kier molecular flexibility index (Phi) is 4.24. The van der Waals surface area contributed by atoms with Crippen LogP contribution in [0.5, 0.6) is 0 Å². The molecule has 1 aromatic carbocycles. The summed E-state index contributed by atoms with van der Waals surface area (Å²) in [7, 11) is 0. The first-order valence-corrected chi connectivity index (χ1v) is 8.62. The van der Waals surface area contributed by atoms with E-state index < -0.39 is 33.6 Å². The Balaban J connectivity index is 1.80. The molecule has 2 amide bonds. The second-order valence-electron chi connectivity index (χ2n) is 5.95. The van der Waals surface area contributed by atoms with Gasteiger partial charge in [0.05, 0.1) is 15.5 Å². The molecule has 9 heteroatoms. The molecular weight excluding hydrogens is 365 g/mol. The molecule has 2 heterocycles. The summed E-state index contributed by atoms with van der Waals surface area (Å²) >= 11 is 7.09. The lowest BCUT2D eigenvalue weighted by Crippen LogP contribution is -2.48. The van der Waals surface area contributed by atoms with Crippen molar-refractivity contribution >= 4 is 40.9 Å². The van der Waals surface area contributed by atoms with Gasteiger partial charge < -0.3 is 10.2 Å². The molecule has 2 saturated heterocycles. The number of carbonyl (C=O) groups excluding carboxylic acids is 2. The van der Waals surface area contributed by atoms with Crippen LogP contribution in [0.25, 0.3) is 0 Å². The Morgan fingerprint density at radius 2 is 2.17 bits per heavy atom. The molecule has 1 aromatic rings. The van der Waals surface area contributed by atoms with Gasteiger partial charge in [0.15, 0.2) is 0 Å². The van der Waals surface area contributed by atoms with Crippen LogP contribution in [-0.4, -0.2) is 33.4 Å². The van der Waals surface area contributed by atoms with Crippen molar-refractivity contribution < 1.29 is 22.8 Å². The number of nitrogens with one attached hydrogen (secondary N) is 1. The Hall–Kier alpha value is -1.41. The number of rotatable bonds is 2. The maximum Gasteiger partial charge on any atom is 0.417 e. The topological polar surface area (TPSA) is 49.4 Å². The number of benzene rings is 1. The van der Waals surface area contributed by atoms with Crippen LogP contribution in [-0.2, 0) is 15.8 Å². The SMILES string of the molecule is C[C@@]12CCC(=O)N1[C@@H](C(=O)Nc1ccc(Cl)c(C(F)(F)F)c1)CS2. The number of halogens is 4. The predicted octanol–water partition coefficient (Wildman–Crippen LogP) is 3.75. The fraction of sp³-hybridized carbons (Fsp3) is 0.467. The highest BCUT2D eigenvalue weighted by Gasteiger charge is 2.52. The second kappa shape index (κ2) is 5.84. The van der Waals surface area contributed by atoms with Crippen LogP contribution in [0, 0.1) is 0 Å². The van der Waals surface area contributed by atoms with Gasteiger partial charge in [0.1, 0.15) is 6.04 Å². The molecule has 130 valence electrons. The molecule has 0 bridgehead atoms. The molecule has 3 rings (SSSR count). The summed E-state index contributed by atoms with van der Waals surface area (Å²) in [5.41, 5.74) is -1.01. The van der Waals surface area contributed by atoms with Gasteiger partial charge in [-0.15, -0.1) is 11.8 Å². The van der Waals surface area contributed by atoms with E-state index in [1.165, 1.54) is 17.8 Å². The molecule has 1 N–H and O–H groups in total. The van der Waals surface area contributed by atoms with Crippen molar-refractivity contribution in [1.29, 1.82) is 0 Å². The van der Waals surface area contributed by atoms with Gasteiger partial charge >= 0.3 is 6.18 Å². The van der Waals surface area contributed by atoms with Crippen molar-refractivity contribution in [3.8, 4) is 0 Å². The highest BCUT2D eigenvalue weighted by Crippen LogP contribution is 2.47. The van der Waals surface area contributed by atoms with Crippen LogP contribution in [0.15, 0.2) is 18.2 Å². The minimum atomic E-state index is -4.61. The molecule has 0 aromatic heterocycles. The molecule has 0 spiro atoms. The quantitative estimate of drug-likeness (QED) is 0.852. The van der Waals surface area contributed by atoms with Gasteiger partial charge in [-0.1, -0.05) is 11.6 Å². The molecule has 0 radical (unpaired) electrons. The number of nitrogens with zero attached hydrogens (tertiary/aromatic N) is 1. The fourth-order valence-electron chi connectivity index (χ4n) is 3.06. The minimum absolute atomic E-state index is 0.00183. The highest BCUT2D eigenvalue weighted by molar-refractivity contribution is 8.01. The van der Waals surface area contributed by atoms with E-state index in [2.05, 4.69) is 5.32 Å². The summed E-state index contributed by atoms with van der Waals surface area (Å²) in [6, 6.07) is 2.52. The molecule has 2 atom stereocenters. The van der Waals surface area contributed by atoms with Gasteiger partial charge in [0, 0.05) is 17.9 Å². The number of fused-ring (bicyclic) bond motifs is 1. The Labute approximate surface area is 145 Å². The van der Waals surface area contributed by atoms with E-state index in [0.717, 1.165) is 12.1 Å². The van der Waals surface area contributed by atoms with Crippen molar-refractivity contribution in [3.63, 3.8) is 0 Å². The van der Waals surface area contributed by atoms with E-state index in [1.54, 1.807) is 4.90 Å². The summed E-state index contributed by atoms with van der Waals surface area (Å²) in [6.07, 6.45) is -3.56. The average Bonchev–Trinajstić information content (AvgIpc) is 2.97. The first-order valence-electron chi connectivity index (χ1n) is 7.25. The zero-order valence-corrected chi connectivity index (χ0v) is 14.2. The summed E-state index contributed by atoms with van der Waals surface area (Å²) in [5.74, 6) is -0.167. The number of hydrogen-bond acceptors (Lipinski definition) is 3. The van der Waals surface area contributed by atoms with E-state index in [9.17, 15) is 22.8 Å². The maximum absolute atomic E-state index is 12.9. The zero-order valence-electron chi connectivity index (χ0n) is 12.6. The molecule has 0 saturated carbocycles. The van der Waals surface area contributed by atoms with E-state index >= 15 is 0 Å². The van der Waals surface area contributed by atoms with Crippen molar-refractivity contribution in [1.82, 2.24) is 4.90 Å². The highest BCUT2D eigenvalue weighted by atomic mass is 35.5. The molecule has 2 aliphatic heterocycles. The molecule has 0 aliphatic carbocycles. The molecule has 24 heavy (non-hydrogen) atoms. The number of carbonyl (C=O) groups is 2. The van der Waals surface area contributed by atoms with Gasteiger partial charge in [-0.2, -0.15) is 13.2 Å². The standard InChI is InChI=1S/C15H14ClF3N2O2S/c1-14-5-4-12(22)21(14)11(7-24-14)13(23)20-8-2-3-10(16)9(6-8)15(17,18)19/h2-3,6,11H,4-5,7H2,1H3,(H,20,23)/t11-,14-/m1/s1. The fourth-order valence-corrected chi connectivity index (χ4v) is 4.72. The van der Waals surface area contributed by atoms with Gasteiger partial charge in [-0.05, 0) is 31.5 Å². The summed E-state index contributed by atoms with van der Waals surface area (Å²) < 4.78 is 38.7. The zero-order chi connectivity index (χ0) is 17.7. The molecule has 0 unspecified atom stereocenters. The number of anilines is 1. The first kappa shape index (κ1) is 17.4. The summed E-state index contributed by atoms with van der Waals surface area (Å²) in [4.78, 5) is 25.6. The van der Waals surface area contributed by atoms with Crippen LogP contribution in [0.4, 0.5) is 18.9 Å². The Morgan fingerprint density at radius 1 is 1.46 bits per heavy atom. The second-order valence-corrected chi connectivity index (χ2v) is 7.86. The maximum atomic E-state index is 12.9. The third-order valence-electron chi connectivity index (χ3n) is 4.29. The number of alkyl halides is 3. The van der Waals surface area contributed by atoms with Crippen molar-refractivity contribution in [2.75, 3.05) is 11.1 Å². The molecular formula is C15H14ClF3N2O2S. The van der Waals surface area contributed by atoms with Crippen molar-refractivity contribution in [2.24, 2.45) is 0 Å². The van der Waals surface area contributed by atoms with E-state index in [4.69, 9.17) is 11.6 Å². The lowest BCUT2D eigenvalue weighted by Gasteiger charge is -2.29. The number of amides is 2. The van der Waals surface area contributed by atoms with Gasteiger partial charge in [0.2, 0.25) is 11.8 Å². The van der Waals surface area contributed by atoms with Crippen molar-refractivity contribution in [3.05, 3.63) is 28.8 Å². The smallest absolute Gasteiger partial charge is 0.324 e. The normalized spacial score (nSPS) is 26.6. The van der Waals surface area contributed by atoms with Crippen LogP contribution in [0.2, 0.25) is 5.02 Å². The van der Waals surface area contributed by atoms with E-state index in [0.29, 0.717) is 18.6 Å². The third-order valence-corrected chi connectivity index (χ3v) is 6.12. The monoisotopic (exact) mass is 378 g/mol. The predicted molar refractivity (Wildman–Crippen MR) is 85.8 cm³/mol. The largest absolute Gasteiger partial charge is 0.417 e. The van der Waals surface area contributed by atoms with Crippen LogP contribution in [0.3, 0.4) is 0 Å². The van der Waals surface area contributed by atoms with Gasteiger partial charge in [-0.3, -0.25) is 9.59 Å². The Bertz CT molecular complexity index is 712. The number of hydrogen-bond donors (Lipinski definition) is 1. The van der Waals surface area contributed by atoms with E-state index in [-0.39, 0.29) is 11.6 Å². The van der Waals surface area contributed by atoms with Gasteiger partial charge in [-0.25, -0.2) is 0 Å². The lowest BCUT2D eigenvalue weighted by atomic mass is 10.1. The lowest BCUT2D eigenvalue weighted by molar-refractivity contribution is -0.137. The Morgan fingerprint density at radius 3 is 2.83 bits per heavy atom. The van der Waals surface area contributed by atoms with Crippen LogP contribution in [0.1, 0.15) is 25.3 Å². The molecule has 2 aliphatic rings. The van der Waals surface area contributed by atoms with Gasteiger partial charge in [0.25, 0.3) is 0 Å². The molecule has 2 fully saturated rings. The minimum Gasteiger partial charge on any atom is -0.324 e. The summed E-state index contributed by atoms with van der Waals surface area (Å²) in [6.45, 7) is 1.90.